The maximum atomic E-state index is 12.2. The predicted molar refractivity (Wildman–Crippen MR) is 93.5 cm³/mol. The van der Waals surface area contributed by atoms with Crippen molar-refractivity contribution in [2.24, 2.45) is 0 Å². The van der Waals surface area contributed by atoms with E-state index >= 15 is 0 Å². The van der Waals surface area contributed by atoms with Crippen LogP contribution in [0.5, 0.6) is 0 Å². The molecule has 0 bridgehead atoms. The van der Waals surface area contributed by atoms with Crippen molar-refractivity contribution < 1.29 is 9.52 Å². The van der Waals surface area contributed by atoms with Gasteiger partial charge in [0.1, 0.15) is 17.2 Å². The molecular formula is C18H17N3O2S. The van der Waals surface area contributed by atoms with Crippen molar-refractivity contribution in [3.05, 3.63) is 76.2 Å². The van der Waals surface area contributed by atoms with Gasteiger partial charge in [-0.1, -0.05) is 31.2 Å². The summed E-state index contributed by atoms with van der Waals surface area (Å²) in [4.78, 5) is 16.6. The number of thiazole rings is 1. The van der Waals surface area contributed by atoms with E-state index in [9.17, 15) is 10.0 Å². The van der Waals surface area contributed by atoms with Gasteiger partial charge in [0.2, 0.25) is 5.69 Å². The molecule has 0 radical (unpaired) electrons. The summed E-state index contributed by atoms with van der Waals surface area (Å²) in [6.45, 7) is 2.28. The van der Waals surface area contributed by atoms with E-state index in [-0.39, 0.29) is 12.5 Å². The Morgan fingerprint density at radius 2 is 2.04 bits per heavy atom. The van der Waals surface area contributed by atoms with E-state index in [1.165, 1.54) is 23.1 Å². The third kappa shape index (κ3) is 3.60. The number of amides is 1. The molecule has 3 rings (SSSR count). The molecule has 0 atom stereocenters. The van der Waals surface area contributed by atoms with Crippen molar-refractivity contribution in [3.63, 3.8) is 0 Å². The van der Waals surface area contributed by atoms with Gasteiger partial charge in [-0.15, -0.1) is 11.3 Å². The quantitative estimate of drug-likeness (QED) is 0.574. The van der Waals surface area contributed by atoms with Gasteiger partial charge in [-0.05, 0) is 18.1 Å². The highest BCUT2D eigenvalue weighted by Gasteiger charge is 2.13. The molecule has 2 aromatic heterocycles. The summed E-state index contributed by atoms with van der Waals surface area (Å²) >= 11 is 1.43. The zero-order valence-corrected chi connectivity index (χ0v) is 14.0. The molecule has 2 heterocycles. The summed E-state index contributed by atoms with van der Waals surface area (Å²) in [6, 6.07) is 13.3. The first-order valence-electron chi connectivity index (χ1n) is 7.67. The largest absolute Gasteiger partial charge is 0.618 e. The van der Waals surface area contributed by atoms with E-state index in [2.05, 4.69) is 29.4 Å². The predicted octanol–water partition coefficient (Wildman–Crippen LogP) is 2.94. The maximum Gasteiger partial charge on any atom is 0.271 e. The Hall–Kier alpha value is -2.73. The summed E-state index contributed by atoms with van der Waals surface area (Å²) in [5, 5.41) is 16.8. The van der Waals surface area contributed by atoms with Crippen LogP contribution in [0.4, 0.5) is 0 Å². The fraction of sp³-hybridized carbons (Fsp3) is 0.167. The van der Waals surface area contributed by atoms with Crippen molar-refractivity contribution in [1.82, 2.24) is 10.3 Å². The first kappa shape index (κ1) is 16.1. The highest BCUT2D eigenvalue weighted by Crippen LogP contribution is 2.24. The first-order valence-corrected chi connectivity index (χ1v) is 8.55. The number of hydrogen-bond donors (Lipinski definition) is 1. The third-order valence-electron chi connectivity index (χ3n) is 3.68. The molecule has 0 aliphatic carbocycles. The van der Waals surface area contributed by atoms with Gasteiger partial charge in [0, 0.05) is 23.1 Å². The molecule has 1 amide bonds. The number of pyridine rings is 1. The van der Waals surface area contributed by atoms with Gasteiger partial charge in [-0.25, -0.2) is 4.98 Å². The number of hydrogen-bond acceptors (Lipinski definition) is 4. The van der Waals surface area contributed by atoms with Crippen LogP contribution in [0.2, 0.25) is 0 Å². The van der Waals surface area contributed by atoms with Gasteiger partial charge < -0.3 is 10.5 Å². The lowest BCUT2D eigenvalue weighted by Crippen LogP contribution is -2.35. The van der Waals surface area contributed by atoms with Gasteiger partial charge in [0.05, 0.1) is 0 Å². The zero-order valence-electron chi connectivity index (χ0n) is 13.2. The second-order valence-electron chi connectivity index (χ2n) is 5.29. The summed E-state index contributed by atoms with van der Waals surface area (Å²) in [5.41, 5.74) is 3.11. The molecule has 0 aliphatic rings. The molecule has 0 saturated heterocycles. The number of carbonyl (C=O) groups is 1. The lowest BCUT2D eigenvalue weighted by atomic mass is 10.1. The van der Waals surface area contributed by atoms with Gasteiger partial charge in [-0.2, -0.15) is 4.73 Å². The summed E-state index contributed by atoms with van der Waals surface area (Å²) in [6.07, 6.45) is 2.40. The Labute approximate surface area is 144 Å². The number of carbonyl (C=O) groups excluding carboxylic acids is 1. The fourth-order valence-corrected chi connectivity index (χ4v) is 3.06. The zero-order chi connectivity index (χ0) is 16.9. The van der Waals surface area contributed by atoms with Crippen LogP contribution in [0.1, 0.15) is 28.7 Å². The topological polar surface area (TPSA) is 68.9 Å². The Morgan fingerprint density at radius 1 is 1.25 bits per heavy atom. The number of nitrogens with zero attached hydrogens (tertiary/aromatic N) is 2. The number of rotatable bonds is 5. The van der Waals surface area contributed by atoms with E-state index in [1.54, 1.807) is 23.6 Å². The minimum atomic E-state index is -0.286. The van der Waals surface area contributed by atoms with Crippen molar-refractivity contribution in [2.75, 3.05) is 0 Å². The highest BCUT2D eigenvalue weighted by molar-refractivity contribution is 7.13. The Kier molecular flexibility index (Phi) is 4.86. The van der Waals surface area contributed by atoms with Crippen LogP contribution in [-0.4, -0.2) is 10.9 Å². The number of benzene rings is 1. The maximum absolute atomic E-state index is 12.2. The second-order valence-corrected chi connectivity index (χ2v) is 6.15. The fourth-order valence-electron chi connectivity index (χ4n) is 2.26. The Morgan fingerprint density at radius 3 is 2.75 bits per heavy atom. The van der Waals surface area contributed by atoms with E-state index < -0.39 is 0 Å². The van der Waals surface area contributed by atoms with E-state index in [0.29, 0.717) is 11.4 Å². The van der Waals surface area contributed by atoms with Crippen LogP contribution in [0.25, 0.3) is 10.6 Å². The molecule has 24 heavy (non-hydrogen) atoms. The highest BCUT2D eigenvalue weighted by atomic mass is 32.1. The molecule has 0 spiro atoms. The summed E-state index contributed by atoms with van der Waals surface area (Å²) in [7, 11) is 0. The van der Waals surface area contributed by atoms with Crippen molar-refractivity contribution >= 4 is 17.2 Å². The molecule has 122 valence electrons. The van der Waals surface area contributed by atoms with Crippen LogP contribution < -0.4 is 10.0 Å². The van der Waals surface area contributed by atoms with Crippen molar-refractivity contribution in [2.45, 2.75) is 19.9 Å². The smallest absolute Gasteiger partial charge is 0.271 e. The van der Waals surface area contributed by atoms with Crippen molar-refractivity contribution in [3.8, 4) is 10.6 Å². The van der Waals surface area contributed by atoms with Gasteiger partial charge >= 0.3 is 0 Å². The number of nitrogens with one attached hydrogen (secondary N) is 1. The number of aryl methyl sites for hydroxylation is 1. The van der Waals surface area contributed by atoms with Gasteiger partial charge in [-0.3, -0.25) is 4.79 Å². The minimum absolute atomic E-state index is 0.168. The lowest BCUT2D eigenvalue weighted by Gasteiger charge is -2.04. The van der Waals surface area contributed by atoms with Gasteiger partial charge in [0.15, 0.2) is 6.20 Å². The molecular weight excluding hydrogens is 322 g/mol. The van der Waals surface area contributed by atoms with E-state index in [0.717, 1.165) is 21.7 Å². The molecule has 3 aromatic rings. The number of aromatic nitrogens is 2. The van der Waals surface area contributed by atoms with E-state index in [4.69, 9.17) is 0 Å². The SMILES string of the molecule is CCc1ccc(-c2nc(C(=O)NCc3cccc[n+]3[O-])cs2)cc1. The molecule has 1 N–H and O–H groups in total. The van der Waals surface area contributed by atoms with Crippen LogP contribution >= 0.6 is 11.3 Å². The van der Waals surface area contributed by atoms with Crippen molar-refractivity contribution in [1.29, 1.82) is 0 Å². The molecule has 5 nitrogen and oxygen atoms in total. The Balaban J connectivity index is 1.68. The normalized spacial score (nSPS) is 10.5. The van der Waals surface area contributed by atoms with Crippen LogP contribution in [0.3, 0.4) is 0 Å². The molecule has 1 aromatic carbocycles. The molecule has 0 saturated carbocycles. The second kappa shape index (κ2) is 7.23. The molecule has 0 fully saturated rings. The van der Waals surface area contributed by atoms with E-state index in [1.807, 2.05) is 12.1 Å². The summed E-state index contributed by atoms with van der Waals surface area (Å²) in [5.74, 6) is -0.286. The van der Waals surface area contributed by atoms with Crippen LogP contribution in [-0.2, 0) is 13.0 Å². The standard InChI is InChI=1S/C18H17N3O2S/c1-2-13-6-8-14(9-7-13)18-20-16(12-24-18)17(22)19-11-15-5-3-4-10-21(15)23/h3-10,12H,2,11H2,1H3,(H,19,22). The summed E-state index contributed by atoms with van der Waals surface area (Å²) < 4.78 is 0.738. The molecule has 0 aliphatic heterocycles. The monoisotopic (exact) mass is 339 g/mol. The van der Waals surface area contributed by atoms with Gasteiger partial charge in [0.25, 0.3) is 5.91 Å². The lowest BCUT2D eigenvalue weighted by molar-refractivity contribution is -0.614. The minimum Gasteiger partial charge on any atom is -0.618 e. The third-order valence-corrected chi connectivity index (χ3v) is 4.57. The molecule has 6 heteroatoms. The van der Waals surface area contributed by atoms with Crippen LogP contribution in [0.15, 0.2) is 54.0 Å². The average Bonchev–Trinajstić information content (AvgIpc) is 3.11. The average molecular weight is 339 g/mol. The molecule has 0 unspecified atom stereocenters. The van der Waals surface area contributed by atoms with Crippen LogP contribution in [0, 0.1) is 5.21 Å². The Bertz CT molecular complexity index is 843. The first-order chi connectivity index (χ1) is 11.7.